The first-order chi connectivity index (χ1) is 9.92. The molecule has 1 saturated carbocycles. The third-order valence-electron chi connectivity index (χ3n) is 7.24. The molecule has 0 bridgehead atoms. The molecule has 4 aliphatic rings. The van der Waals surface area contributed by atoms with Gasteiger partial charge in [0.1, 0.15) is 5.78 Å². The maximum absolute atomic E-state index is 11.7. The molecule has 4 rings (SSSR count). The SMILES string of the molecule is C[C@]1(O)C=C[C@H]2[C@@H]3CCC4=C(CCC(=O)C4)[C@H]3CC[C@@]21C. The van der Waals surface area contributed by atoms with Crippen LogP contribution in [0.3, 0.4) is 0 Å². The number of carbonyl (C=O) groups excluding carboxylic acids is 1. The molecule has 1 fully saturated rings. The van der Waals surface area contributed by atoms with E-state index in [2.05, 4.69) is 13.0 Å². The van der Waals surface area contributed by atoms with Gasteiger partial charge in [0.25, 0.3) is 0 Å². The molecule has 114 valence electrons. The molecule has 21 heavy (non-hydrogen) atoms. The number of aliphatic hydroxyl groups is 1. The first kappa shape index (κ1) is 13.8. The normalized spacial score (nSPS) is 48.9. The van der Waals surface area contributed by atoms with Crippen molar-refractivity contribution in [2.45, 2.75) is 64.4 Å². The molecule has 0 aliphatic heterocycles. The van der Waals surface area contributed by atoms with Gasteiger partial charge >= 0.3 is 0 Å². The molecule has 0 unspecified atom stereocenters. The molecule has 2 heteroatoms. The van der Waals surface area contributed by atoms with E-state index < -0.39 is 5.60 Å². The summed E-state index contributed by atoms with van der Waals surface area (Å²) in [5, 5.41) is 10.8. The Labute approximate surface area is 127 Å². The summed E-state index contributed by atoms with van der Waals surface area (Å²) in [6.45, 7) is 4.26. The van der Waals surface area contributed by atoms with Crippen molar-refractivity contribution < 1.29 is 9.90 Å². The zero-order valence-corrected chi connectivity index (χ0v) is 13.2. The highest BCUT2D eigenvalue weighted by Gasteiger charge is 2.57. The van der Waals surface area contributed by atoms with Crippen LogP contribution in [0.5, 0.6) is 0 Å². The van der Waals surface area contributed by atoms with Crippen LogP contribution in [0.4, 0.5) is 0 Å². The van der Waals surface area contributed by atoms with Crippen molar-refractivity contribution in [3.8, 4) is 0 Å². The highest BCUT2D eigenvalue weighted by atomic mass is 16.3. The van der Waals surface area contributed by atoms with E-state index in [-0.39, 0.29) is 5.41 Å². The standard InChI is InChI=1S/C19H26O2/c1-18-9-7-15-14-6-4-13(20)11-12(14)3-5-16(15)17(18)8-10-19(18,2)21/h8,10,15-17,21H,3-7,9,11H2,1-2H3/t15-,16-,17+,18+,19+/m1/s1. The topological polar surface area (TPSA) is 37.3 Å². The Balaban J connectivity index is 1.68. The van der Waals surface area contributed by atoms with Crippen molar-refractivity contribution in [3.05, 3.63) is 23.3 Å². The Kier molecular flexibility index (Phi) is 2.83. The summed E-state index contributed by atoms with van der Waals surface area (Å²) in [6.07, 6.45) is 11.5. The van der Waals surface area contributed by atoms with Gasteiger partial charge in [-0.2, -0.15) is 0 Å². The summed E-state index contributed by atoms with van der Waals surface area (Å²) in [7, 11) is 0. The van der Waals surface area contributed by atoms with Gasteiger partial charge in [-0.25, -0.2) is 0 Å². The quantitative estimate of drug-likeness (QED) is 0.688. The molecule has 2 nitrogen and oxygen atoms in total. The Morgan fingerprint density at radius 3 is 2.81 bits per heavy atom. The van der Waals surface area contributed by atoms with Gasteiger partial charge < -0.3 is 5.11 Å². The van der Waals surface area contributed by atoms with Gasteiger partial charge in [0.05, 0.1) is 5.60 Å². The first-order valence-electron chi connectivity index (χ1n) is 8.56. The van der Waals surface area contributed by atoms with Crippen LogP contribution in [0.1, 0.15) is 58.8 Å². The maximum atomic E-state index is 11.7. The van der Waals surface area contributed by atoms with Crippen molar-refractivity contribution >= 4 is 5.78 Å². The lowest BCUT2D eigenvalue weighted by Crippen LogP contribution is -2.50. The third kappa shape index (κ3) is 1.78. The Morgan fingerprint density at radius 2 is 2.00 bits per heavy atom. The maximum Gasteiger partial charge on any atom is 0.137 e. The third-order valence-corrected chi connectivity index (χ3v) is 7.24. The first-order valence-corrected chi connectivity index (χ1v) is 8.56. The molecule has 4 aliphatic carbocycles. The predicted molar refractivity (Wildman–Crippen MR) is 82.7 cm³/mol. The van der Waals surface area contributed by atoms with Crippen LogP contribution in [-0.4, -0.2) is 16.5 Å². The molecular formula is C19H26O2. The number of hydrogen-bond donors (Lipinski definition) is 1. The number of allylic oxidation sites excluding steroid dienone is 3. The fourth-order valence-electron chi connectivity index (χ4n) is 5.73. The number of rotatable bonds is 0. The average molecular weight is 286 g/mol. The molecule has 0 spiro atoms. The van der Waals surface area contributed by atoms with E-state index in [9.17, 15) is 9.90 Å². The van der Waals surface area contributed by atoms with Gasteiger partial charge in [-0.1, -0.05) is 30.2 Å². The molecule has 0 amide bonds. The Bertz CT molecular complexity index is 554. The minimum absolute atomic E-state index is 0.0106. The van der Waals surface area contributed by atoms with E-state index in [0.717, 1.165) is 32.1 Å². The largest absolute Gasteiger partial charge is 0.385 e. The summed E-state index contributed by atoms with van der Waals surface area (Å²) in [6, 6.07) is 0. The Morgan fingerprint density at radius 1 is 1.19 bits per heavy atom. The fraction of sp³-hybridized carbons (Fsp3) is 0.737. The highest BCUT2D eigenvalue weighted by Crippen LogP contribution is 2.61. The summed E-state index contributed by atoms with van der Waals surface area (Å²) in [4.78, 5) is 11.7. The van der Waals surface area contributed by atoms with Crippen LogP contribution in [0, 0.1) is 23.2 Å². The number of hydrogen-bond acceptors (Lipinski definition) is 2. The van der Waals surface area contributed by atoms with Crippen molar-refractivity contribution in [1.82, 2.24) is 0 Å². The van der Waals surface area contributed by atoms with Crippen LogP contribution in [-0.2, 0) is 4.79 Å². The van der Waals surface area contributed by atoms with Gasteiger partial charge in [0, 0.05) is 18.3 Å². The second-order valence-corrected chi connectivity index (χ2v) is 8.14. The lowest BCUT2D eigenvalue weighted by atomic mass is 9.52. The van der Waals surface area contributed by atoms with Crippen LogP contribution in [0.25, 0.3) is 0 Å². The molecule has 1 N–H and O–H groups in total. The zero-order valence-electron chi connectivity index (χ0n) is 13.2. The van der Waals surface area contributed by atoms with E-state index >= 15 is 0 Å². The van der Waals surface area contributed by atoms with Gasteiger partial charge in [0.15, 0.2) is 0 Å². The van der Waals surface area contributed by atoms with Gasteiger partial charge in [-0.3, -0.25) is 4.79 Å². The van der Waals surface area contributed by atoms with Crippen molar-refractivity contribution in [1.29, 1.82) is 0 Å². The molecule has 0 heterocycles. The summed E-state index contributed by atoms with van der Waals surface area (Å²) >= 11 is 0. The molecule has 0 radical (unpaired) electrons. The smallest absolute Gasteiger partial charge is 0.137 e. The van der Waals surface area contributed by atoms with Gasteiger partial charge in [0.2, 0.25) is 0 Å². The van der Waals surface area contributed by atoms with E-state index in [4.69, 9.17) is 0 Å². The van der Waals surface area contributed by atoms with Gasteiger partial charge in [-0.05, 0) is 56.8 Å². The van der Waals surface area contributed by atoms with Gasteiger partial charge in [-0.15, -0.1) is 0 Å². The lowest BCUT2D eigenvalue weighted by molar-refractivity contribution is -0.119. The minimum atomic E-state index is -0.653. The summed E-state index contributed by atoms with van der Waals surface area (Å²) in [5.74, 6) is 2.31. The average Bonchev–Trinajstić information content (AvgIpc) is 2.69. The number of ketones is 1. The molecule has 5 atom stereocenters. The monoisotopic (exact) mass is 286 g/mol. The number of fused-ring (bicyclic) bond motifs is 4. The number of carbonyl (C=O) groups is 1. The van der Waals surface area contributed by atoms with E-state index in [1.807, 2.05) is 13.0 Å². The van der Waals surface area contributed by atoms with Crippen LogP contribution >= 0.6 is 0 Å². The lowest BCUT2D eigenvalue weighted by Gasteiger charge is -2.53. The zero-order chi connectivity index (χ0) is 14.8. The summed E-state index contributed by atoms with van der Waals surface area (Å²) < 4.78 is 0. The minimum Gasteiger partial charge on any atom is -0.385 e. The van der Waals surface area contributed by atoms with Crippen molar-refractivity contribution in [2.75, 3.05) is 0 Å². The second kappa shape index (κ2) is 4.32. The number of Topliss-reactive ketones (excluding diaryl/α,β-unsaturated/α-hetero) is 1. The van der Waals surface area contributed by atoms with Crippen LogP contribution in [0.2, 0.25) is 0 Å². The molecule has 0 aromatic carbocycles. The van der Waals surface area contributed by atoms with Crippen LogP contribution < -0.4 is 0 Å². The van der Waals surface area contributed by atoms with Crippen molar-refractivity contribution in [2.24, 2.45) is 23.2 Å². The van der Waals surface area contributed by atoms with E-state index in [1.54, 1.807) is 5.57 Å². The van der Waals surface area contributed by atoms with Crippen LogP contribution in [0.15, 0.2) is 23.3 Å². The molecule has 0 aromatic rings. The molecule has 0 saturated heterocycles. The van der Waals surface area contributed by atoms with E-state index in [0.29, 0.717) is 23.5 Å². The molecular weight excluding hydrogens is 260 g/mol. The second-order valence-electron chi connectivity index (χ2n) is 8.14. The Hall–Kier alpha value is -0.890. The van der Waals surface area contributed by atoms with E-state index in [1.165, 1.54) is 18.4 Å². The summed E-state index contributed by atoms with van der Waals surface area (Å²) in [5.41, 5.74) is 2.47. The predicted octanol–water partition coefficient (Wildman–Crippen LogP) is 3.80. The van der Waals surface area contributed by atoms with Crippen molar-refractivity contribution in [3.63, 3.8) is 0 Å². The molecule has 0 aromatic heterocycles. The highest BCUT2D eigenvalue weighted by molar-refractivity contribution is 5.82. The fourth-order valence-corrected chi connectivity index (χ4v) is 5.73.